The van der Waals surface area contributed by atoms with Crippen molar-refractivity contribution in [1.29, 1.82) is 5.26 Å². The van der Waals surface area contributed by atoms with E-state index in [2.05, 4.69) is 26.2 Å². The van der Waals surface area contributed by atoms with Crippen LogP contribution in [0.2, 0.25) is 5.15 Å². The van der Waals surface area contributed by atoms with Crippen LogP contribution in [0, 0.1) is 17.1 Å². The molecule has 6 heteroatoms. The lowest BCUT2D eigenvalue weighted by molar-refractivity contribution is 0.627. The van der Waals surface area contributed by atoms with E-state index in [0.29, 0.717) is 21.5 Å². The third kappa shape index (κ3) is 2.97. The minimum atomic E-state index is -0.343. The van der Waals surface area contributed by atoms with Crippen LogP contribution in [0.1, 0.15) is 5.56 Å². The number of anilines is 2. The van der Waals surface area contributed by atoms with Gasteiger partial charge >= 0.3 is 0 Å². The summed E-state index contributed by atoms with van der Waals surface area (Å²) in [5.74, 6) is 0.0792. The van der Waals surface area contributed by atoms with Crippen LogP contribution in [-0.4, -0.2) is 4.98 Å². The molecule has 0 saturated heterocycles. The first-order valence-electron chi connectivity index (χ1n) is 4.88. The van der Waals surface area contributed by atoms with Crippen LogP contribution in [0.15, 0.2) is 34.8 Å². The van der Waals surface area contributed by atoms with Crippen molar-refractivity contribution in [1.82, 2.24) is 4.98 Å². The van der Waals surface area contributed by atoms with Gasteiger partial charge in [0.15, 0.2) is 0 Å². The van der Waals surface area contributed by atoms with E-state index < -0.39 is 0 Å². The number of nitrogens with one attached hydrogen (secondary N) is 1. The van der Waals surface area contributed by atoms with E-state index >= 15 is 0 Å². The predicted molar refractivity (Wildman–Crippen MR) is 71.3 cm³/mol. The first kappa shape index (κ1) is 12.8. The SMILES string of the molecule is N#Cc1cc(Cl)nc(Nc2ccc(F)cc2Br)c1. The zero-order chi connectivity index (χ0) is 13.1. The predicted octanol–water partition coefficient (Wildman–Crippen LogP) is 4.25. The van der Waals surface area contributed by atoms with Crippen molar-refractivity contribution in [3.05, 3.63) is 51.3 Å². The summed E-state index contributed by atoms with van der Waals surface area (Å²) in [7, 11) is 0. The van der Waals surface area contributed by atoms with Crippen LogP contribution in [0.5, 0.6) is 0 Å². The van der Waals surface area contributed by atoms with Crippen LogP contribution in [0.25, 0.3) is 0 Å². The van der Waals surface area contributed by atoms with Crippen molar-refractivity contribution in [2.45, 2.75) is 0 Å². The van der Waals surface area contributed by atoms with Gasteiger partial charge in [-0.1, -0.05) is 11.6 Å². The molecule has 0 unspecified atom stereocenters. The third-order valence-electron chi connectivity index (χ3n) is 2.12. The summed E-state index contributed by atoms with van der Waals surface area (Å²) in [6.45, 7) is 0. The third-order valence-corrected chi connectivity index (χ3v) is 2.97. The highest BCUT2D eigenvalue weighted by Gasteiger charge is 2.05. The van der Waals surface area contributed by atoms with Gasteiger partial charge < -0.3 is 5.32 Å². The topological polar surface area (TPSA) is 48.7 Å². The standard InChI is InChI=1S/C12H6BrClFN3/c13-9-5-8(15)1-2-10(9)17-12-4-7(6-16)3-11(14)18-12/h1-5H,(H,17,18). The Labute approximate surface area is 116 Å². The number of rotatable bonds is 2. The van der Waals surface area contributed by atoms with Crippen molar-refractivity contribution in [3.8, 4) is 6.07 Å². The van der Waals surface area contributed by atoms with Crippen LogP contribution in [0.3, 0.4) is 0 Å². The fraction of sp³-hybridized carbons (Fsp3) is 0. The fourth-order valence-corrected chi connectivity index (χ4v) is 2.01. The van der Waals surface area contributed by atoms with E-state index in [0.717, 1.165) is 0 Å². The summed E-state index contributed by atoms with van der Waals surface area (Å²) in [5.41, 5.74) is 1.03. The van der Waals surface area contributed by atoms with E-state index in [9.17, 15) is 4.39 Å². The second kappa shape index (κ2) is 5.34. The summed E-state index contributed by atoms with van der Waals surface area (Å²) in [4.78, 5) is 4.03. The maximum Gasteiger partial charge on any atom is 0.133 e. The van der Waals surface area contributed by atoms with Crippen molar-refractivity contribution in [3.63, 3.8) is 0 Å². The maximum atomic E-state index is 12.9. The lowest BCUT2D eigenvalue weighted by Gasteiger charge is -2.08. The second-order valence-electron chi connectivity index (χ2n) is 3.42. The number of nitrogens with zero attached hydrogens (tertiary/aromatic N) is 2. The highest BCUT2D eigenvalue weighted by molar-refractivity contribution is 9.10. The van der Waals surface area contributed by atoms with E-state index in [1.165, 1.54) is 18.2 Å². The molecule has 18 heavy (non-hydrogen) atoms. The molecule has 0 bridgehead atoms. The molecular weight excluding hydrogens is 321 g/mol. The molecule has 1 aromatic heterocycles. The smallest absolute Gasteiger partial charge is 0.133 e. The molecule has 0 fully saturated rings. The second-order valence-corrected chi connectivity index (χ2v) is 4.67. The van der Waals surface area contributed by atoms with Gasteiger partial charge in [-0.15, -0.1) is 0 Å². The van der Waals surface area contributed by atoms with Gasteiger partial charge in [-0.3, -0.25) is 0 Å². The van der Waals surface area contributed by atoms with Gasteiger partial charge in [0.2, 0.25) is 0 Å². The van der Waals surface area contributed by atoms with Gasteiger partial charge in [0.05, 0.1) is 17.3 Å². The molecule has 1 N–H and O–H groups in total. The monoisotopic (exact) mass is 325 g/mol. The number of nitriles is 1. The largest absolute Gasteiger partial charge is 0.339 e. The Bertz CT molecular complexity index is 640. The molecule has 1 heterocycles. The number of halogens is 3. The molecule has 2 rings (SSSR count). The van der Waals surface area contributed by atoms with E-state index in [-0.39, 0.29) is 11.0 Å². The van der Waals surface area contributed by atoms with Crippen LogP contribution in [0.4, 0.5) is 15.9 Å². The molecule has 3 nitrogen and oxygen atoms in total. The Morgan fingerprint density at radius 2 is 2.11 bits per heavy atom. The van der Waals surface area contributed by atoms with Gasteiger partial charge in [0.1, 0.15) is 16.8 Å². The Hall–Kier alpha value is -1.64. The summed E-state index contributed by atoms with van der Waals surface area (Å²) >= 11 is 9.02. The Morgan fingerprint density at radius 1 is 1.33 bits per heavy atom. The lowest BCUT2D eigenvalue weighted by Crippen LogP contribution is -1.96. The van der Waals surface area contributed by atoms with Crippen molar-refractivity contribution >= 4 is 39.0 Å². The summed E-state index contributed by atoms with van der Waals surface area (Å²) in [6.07, 6.45) is 0. The number of hydrogen-bond acceptors (Lipinski definition) is 3. The quantitative estimate of drug-likeness (QED) is 0.839. The Kier molecular flexibility index (Phi) is 3.80. The van der Waals surface area contributed by atoms with Gasteiger partial charge in [-0.25, -0.2) is 9.37 Å². The van der Waals surface area contributed by atoms with Crippen LogP contribution < -0.4 is 5.32 Å². The van der Waals surface area contributed by atoms with Crippen LogP contribution in [-0.2, 0) is 0 Å². The molecular formula is C12H6BrClFN3. The minimum Gasteiger partial charge on any atom is -0.339 e. The van der Waals surface area contributed by atoms with Crippen molar-refractivity contribution in [2.75, 3.05) is 5.32 Å². The van der Waals surface area contributed by atoms with E-state index in [1.807, 2.05) is 6.07 Å². The highest BCUT2D eigenvalue weighted by Crippen LogP contribution is 2.26. The molecule has 0 atom stereocenters. The first-order valence-corrected chi connectivity index (χ1v) is 6.05. The van der Waals surface area contributed by atoms with Crippen LogP contribution >= 0.6 is 27.5 Å². The average molecular weight is 327 g/mol. The van der Waals surface area contributed by atoms with Gasteiger partial charge in [-0.2, -0.15) is 5.26 Å². The van der Waals surface area contributed by atoms with Crippen molar-refractivity contribution < 1.29 is 4.39 Å². The van der Waals surface area contributed by atoms with E-state index in [4.69, 9.17) is 16.9 Å². The lowest BCUT2D eigenvalue weighted by atomic mass is 10.2. The number of pyridine rings is 1. The molecule has 0 saturated carbocycles. The molecule has 0 aliphatic carbocycles. The highest BCUT2D eigenvalue weighted by atomic mass is 79.9. The zero-order valence-corrected chi connectivity index (χ0v) is 11.3. The number of benzene rings is 1. The van der Waals surface area contributed by atoms with Gasteiger partial charge in [-0.05, 0) is 46.3 Å². The average Bonchev–Trinajstić information content (AvgIpc) is 2.32. The zero-order valence-electron chi connectivity index (χ0n) is 8.92. The molecule has 0 aliphatic heterocycles. The minimum absolute atomic E-state index is 0.217. The summed E-state index contributed by atoms with van der Waals surface area (Å²) in [6, 6.07) is 9.22. The van der Waals surface area contributed by atoms with Crippen molar-refractivity contribution in [2.24, 2.45) is 0 Å². The molecule has 90 valence electrons. The molecule has 1 aromatic carbocycles. The van der Waals surface area contributed by atoms with Gasteiger partial charge in [0.25, 0.3) is 0 Å². The fourth-order valence-electron chi connectivity index (χ4n) is 1.35. The summed E-state index contributed by atoms with van der Waals surface area (Å²) in [5, 5.41) is 12.0. The summed E-state index contributed by atoms with van der Waals surface area (Å²) < 4.78 is 13.5. The normalized spacial score (nSPS) is 9.89. The maximum absolute atomic E-state index is 12.9. The molecule has 2 aromatic rings. The molecule has 0 amide bonds. The molecule has 0 radical (unpaired) electrons. The number of aromatic nitrogens is 1. The molecule has 0 aliphatic rings. The number of hydrogen-bond donors (Lipinski definition) is 1. The van der Waals surface area contributed by atoms with Gasteiger partial charge in [0, 0.05) is 4.47 Å². The molecule has 0 spiro atoms. The Balaban J connectivity index is 2.34. The van der Waals surface area contributed by atoms with E-state index in [1.54, 1.807) is 12.1 Å². The first-order chi connectivity index (χ1) is 8.58. The Morgan fingerprint density at radius 3 is 2.78 bits per heavy atom.